The minimum atomic E-state index is -3.82. The zero-order valence-corrected chi connectivity index (χ0v) is 16.6. The lowest BCUT2D eigenvalue weighted by molar-refractivity contribution is -0.123. The number of esters is 1. The first-order chi connectivity index (χ1) is 13.6. The van der Waals surface area contributed by atoms with E-state index in [1.807, 2.05) is 6.07 Å². The lowest BCUT2D eigenvalue weighted by atomic mass is 10.1. The highest BCUT2D eigenvalue weighted by Gasteiger charge is 2.21. The fraction of sp³-hybridized carbons (Fsp3) is 0.150. The summed E-state index contributed by atoms with van der Waals surface area (Å²) < 4.78 is 27.9. The van der Waals surface area contributed by atoms with Crippen LogP contribution in [0, 0.1) is 6.92 Å². The van der Waals surface area contributed by atoms with Gasteiger partial charge in [0.15, 0.2) is 6.10 Å². The molecule has 0 saturated heterocycles. The van der Waals surface area contributed by atoms with Gasteiger partial charge in [-0.25, -0.2) is 18.4 Å². The van der Waals surface area contributed by atoms with Gasteiger partial charge in [-0.2, -0.15) is 0 Å². The molecule has 9 heteroatoms. The Morgan fingerprint density at radius 1 is 1.10 bits per heavy atom. The molecule has 150 valence electrons. The lowest BCUT2D eigenvalue weighted by Gasteiger charge is -2.15. The van der Waals surface area contributed by atoms with Crippen molar-refractivity contribution in [2.45, 2.75) is 24.8 Å². The Labute approximate surface area is 167 Å². The summed E-state index contributed by atoms with van der Waals surface area (Å²) in [5, 5.41) is 8.23. The molecule has 1 aromatic heterocycles. The molecule has 1 amide bonds. The van der Waals surface area contributed by atoms with Crippen LogP contribution in [0.3, 0.4) is 0 Å². The molecule has 0 aliphatic heterocycles. The van der Waals surface area contributed by atoms with Crippen molar-refractivity contribution in [2.24, 2.45) is 5.14 Å². The summed E-state index contributed by atoms with van der Waals surface area (Å²) in [7, 11) is -3.82. The molecule has 3 aromatic rings. The van der Waals surface area contributed by atoms with E-state index in [4.69, 9.17) is 9.88 Å². The quantitative estimate of drug-likeness (QED) is 0.618. The standard InChI is InChI=1S/C20H19N3O5S/c1-12-11-17(16-5-3-4-6-18(16)22-12)20(25)28-13(2)19(24)23-14-7-9-15(10-8-14)29(21,26)27/h3-11,13H,1-2H3,(H,23,24)(H2,21,26,27). The van der Waals surface area contributed by atoms with E-state index in [1.54, 1.807) is 31.2 Å². The van der Waals surface area contributed by atoms with Gasteiger partial charge < -0.3 is 10.1 Å². The number of benzene rings is 2. The predicted molar refractivity (Wildman–Crippen MR) is 108 cm³/mol. The molecule has 0 aliphatic rings. The number of sulfonamides is 1. The van der Waals surface area contributed by atoms with Gasteiger partial charge in [0.1, 0.15) is 0 Å². The monoisotopic (exact) mass is 413 g/mol. The molecule has 0 aliphatic carbocycles. The average Bonchev–Trinajstić information content (AvgIpc) is 2.66. The van der Waals surface area contributed by atoms with Crippen LogP contribution in [0.5, 0.6) is 0 Å². The third-order valence-corrected chi connectivity index (χ3v) is 5.10. The Bertz CT molecular complexity index is 1190. The van der Waals surface area contributed by atoms with Gasteiger partial charge >= 0.3 is 5.97 Å². The molecule has 8 nitrogen and oxygen atoms in total. The number of nitrogens with one attached hydrogen (secondary N) is 1. The highest BCUT2D eigenvalue weighted by molar-refractivity contribution is 7.89. The molecular formula is C20H19N3O5S. The van der Waals surface area contributed by atoms with E-state index in [9.17, 15) is 18.0 Å². The zero-order chi connectivity index (χ0) is 21.2. The fourth-order valence-corrected chi connectivity index (χ4v) is 3.24. The number of aryl methyl sites for hydroxylation is 1. The number of primary sulfonamides is 1. The highest BCUT2D eigenvalue weighted by Crippen LogP contribution is 2.20. The van der Waals surface area contributed by atoms with E-state index in [0.717, 1.165) is 0 Å². The van der Waals surface area contributed by atoms with E-state index in [2.05, 4.69) is 10.3 Å². The van der Waals surface area contributed by atoms with Crippen molar-refractivity contribution < 1.29 is 22.7 Å². The van der Waals surface area contributed by atoms with Crippen LogP contribution in [0.4, 0.5) is 5.69 Å². The smallest absolute Gasteiger partial charge is 0.339 e. The van der Waals surface area contributed by atoms with E-state index in [0.29, 0.717) is 27.8 Å². The van der Waals surface area contributed by atoms with Crippen molar-refractivity contribution in [3.63, 3.8) is 0 Å². The van der Waals surface area contributed by atoms with Crippen LogP contribution >= 0.6 is 0 Å². The number of hydrogen-bond donors (Lipinski definition) is 2. The van der Waals surface area contributed by atoms with Gasteiger partial charge in [0.25, 0.3) is 5.91 Å². The maximum atomic E-state index is 12.6. The second-order valence-corrected chi connectivity index (χ2v) is 8.00. The number of fused-ring (bicyclic) bond motifs is 1. The number of amides is 1. The van der Waals surface area contributed by atoms with Crippen molar-refractivity contribution in [1.82, 2.24) is 4.98 Å². The average molecular weight is 413 g/mol. The Morgan fingerprint density at radius 3 is 2.41 bits per heavy atom. The normalized spacial score (nSPS) is 12.4. The largest absolute Gasteiger partial charge is 0.449 e. The molecule has 0 fully saturated rings. The van der Waals surface area contributed by atoms with Crippen LogP contribution < -0.4 is 10.5 Å². The Kier molecular flexibility index (Phi) is 5.62. The number of nitrogens with two attached hydrogens (primary N) is 1. The first-order valence-electron chi connectivity index (χ1n) is 8.66. The van der Waals surface area contributed by atoms with Crippen LogP contribution in [0.25, 0.3) is 10.9 Å². The van der Waals surface area contributed by atoms with Crippen LogP contribution in [0.1, 0.15) is 23.0 Å². The fourth-order valence-electron chi connectivity index (χ4n) is 2.73. The van der Waals surface area contributed by atoms with Crippen molar-refractivity contribution in [2.75, 3.05) is 5.32 Å². The number of pyridine rings is 1. The highest BCUT2D eigenvalue weighted by atomic mass is 32.2. The molecule has 0 spiro atoms. The second-order valence-electron chi connectivity index (χ2n) is 6.43. The lowest BCUT2D eigenvalue weighted by Crippen LogP contribution is -2.30. The molecular weight excluding hydrogens is 394 g/mol. The van der Waals surface area contributed by atoms with Gasteiger partial charge in [0.2, 0.25) is 10.0 Å². The number of rotatable bonds is 5. The minimum Gasteiger partial charge on any atom is -0.449 e. The maximum Gasteiger partial charge on any atom is 0.339 e. The van der Waals surface area contributed by atoms with Crippen molar-refractivity contribution in [3.05, 3.63) is 65.9 Å². The third kappa shape index (κ3) is 4.76. The van der Waals surface area contributed by atoms with Gasteiger partial charge in [-0.15, -0.1) is 0 Å². The number of carbonyl (C=O) groups is 2. The molecule has 1 unspecified atom stereocenters. The molecule has 0 radical (unpaired) electrons. The maximum absolute atomic E-state index is 12.6. The Hall–Kier alpha value is -3.30. The summed E-state index contributed by atoms with van der Waals surface area (Å²) >= 11 is 0. The molecule has 3 N–H and O–H groups in total. The van der Waals surface area contributed by atoms with E-state index in [-0.39, 0.29) is 4.90 Å². The number of carbonyl (C=O) groups excluding carboxylic acids is 2. The second kappa shape index (κ2) is 7.98. The summed E-state index contributed by atoms with van der Waals surface area (Å²) in [6.45, 7) is 3.22. The van der Waals surface area contributed by atoms with E-state index < -0.39 is 28.0 Å². The van der Waals surface area contributed by atoms with Crippen molar-refractivity contribution in [3.8, 4) is 0 Å². The number of para-hydroxylation sites is 1. The summed E-state index contributed by atoms with van der Waals surface area (Å²) in [6.07, 6.45) is -1.08. The van der Waals surface area contributed by atoms with E-state index >= 15 is 0 Å². The van der Waals surface area contributed by atoms with E-state index in [1.165, 1.54) is 31.2 Å². The zero-order valence-electron chi connectivity index (χ0n) is 15.7. The Balaban J connectivity index is 1.72. The molecule has 1 atom stereocenters. The number of ether oxygens (including phenoxy) is 1. The summed E-state index contributed by atoms with van der Waals surface area (Å²) in [6, 6.07) is 14.1. The number of anilines is 1. The number of nitrogens with zero attached hydrogens (tertiary/aromatic N) is 1. The van der Waals surface area contributed by atoms with Crippen LogP contribution in [-0.2, 0) is 19.6 Å². The summed E-state index contributed by atoms with van der Waals surface area (Å²) in [5.74, 6) is -1.20. The Morgan fingerprint density at radius 2 is 1.76 bits per heavy atom. The first kappa shape index (κ1) is 20.4. The van der Waals surface area contributed by atoms with Crippen molar-refractivity contribution in [1.29, 1.82) is 0 Å². The van der Waals surface area contributed by atoms with Gasteiger partial charge in [-0.05, 0) is 50.2 Å². The van der Waals surface area contributed by atoms with Gasteiger partial charge in [-0.3, -0.25) is 9.78 Å². The topological polar surface area (TPSA) is 128 Å². The minimum absolute atomic E-state index is 0.0742. The number of aromatic nitrogens is 1. The molecule has 0 saturated carbocycles. The molecule has 2 aromatic carbocycles. The SMILES string of the molecule is Cc1cc(C(=O)OC(C)C(=O)Nc2ccc(S(N)(=O)=O)cc2)c2ccccc2n1. The van der Waals surface area contributed by atoms with Crippen LogP contribution in [-0.4, -0.2) is 31.4 Å². The van der Waals surface area contributed by atoms with Crippen molar-refractivity contribution >= 4 is 38.5 Å². The molecule has 0 bridgehead atoms. The molecule has 29 heavy (non-hydrogen) atoms. The van der Waals surface area contributed by atoms with Crippen LogP contribution in [0.2, 0.25) is 0 Å². The van der Waals surface area contributed by atoms with Gasteiger partial charge in [-0.1, -0.05) is 18.2 Å². The van der Waals surface area contributed by atoms with Crippen LogP contribution in [0.15, 0.2) is 59.5 Å². The summed E-state index contributed by atoms with van der Waals surface area (Å²) in [5.41, 5.74) is 1.98. The summed E-state index contributed by atoms with van der Waals surface area (Å²) in [4.78, 5) is 29.3. The van der Waals surface area contributed by atoms with Gasteiger partial charge in [0, 0.05) is 16.8 Å². The molecule has 3 rings (SSSR count). The number of hydrogen-bond acceptors (Lipinski definition) is 6. The molecule has 1 heterocycles. The third-order valence-electron chi connectivity index (χ3n) is 4.17. The predicted octanol–water partition coefficient (Wildman–Crippen LogP) is 2.37. The van der Waals surface area contributed by atoms with Gasteiger partial charge in [0.05, 0.1) is 16.0 Å². The first-order valence-corrected chi connectivity index (χ1v) is 10.2.